The molecule has 0 aliphatic rings. The molecule has 2 amide bonds. The maximum absolute atomic E-state index is 12.9. The SMILES string of the molecule is Cc1ccc(-c2cc(C(=O)OCC(=O)NNC(=O)c3ccc(Br)cc3)c3ccccc3n2)cc1. The summed E-state index contributed by atoms with van der Waals surface area (Å²) in [7, 11) is 0. The number of esters is 1. The first-order valence-electron chi connectivity index (χ1n) is 10.4. The van der Waals surface area contributed by atoms with Crippen molar-refractivity contribution in [3.8, 4) is 11.3 Å². The zero-order chi connectivity index (χ0) is 24.1. The minimum atomic E-state index is -0.670. The number of hydrogen-bond acceptors (Lipinski definition) is 5. The van der Waals surface area contributed by atoms with Gasteiger partial charge in [0.15, 0.2) is 6.61 Å². The van der Waals surface area contributed by atoms with Gasteiger partial charge in [0.05, 0.1) is 16.8 Å². The predicted molar refractivity (Wildman–Crippen MR) is 132 cm³/mol. The van der Waals surface area contributed by atoms with E-state index >= 15 is 0 Å². The lowest BCUT2D eigenvalue weighted by Crippen LogP contribution is -2.43. The van der Waals surface area contributed by atoms with Gasteiger partial charge in [0.25, 0.3) is 11.8 Å². The van der Waals surface area contributed by atoms with E-state index < -0.39 is 24.4 Å². The third kappa shape index (κ3) is 5.47. The summed E-state index contributed by atoms with van der Waals surface area (Å²) in [6, 6.07) is 23.3. The molecule has 170 valence electrons. The van der Waals surface area contributed by atoms with Crippen molar-refractivity contribution in [1.82, 2.24) is 15.8 Å². The Balaban J connectivity index is 1.45. The zero-order valence-corrected chi connectivity index (χ0v) is 19.8. The van der Waals surface area contributed by atoms with Crippen molar-refractivity contribution in [3.63, 3.8) is 0 Å². The maximum atomic E-state index is 12.9. The van der Waals surface area contributed by atoms with Crippen LogP contribution in [-0.4, -0.2) is 29.4 Å². The van der Waals surface area contributed by atoms with E-state index in [-0.39, 0.29) is 0 Å². The standard InChI is InChI=1S/C26H20BrN3O4/c1-16-6-8-17(9-7-16)23-14-21(20-4-2-3-5-22(20)28-23)26(33)34-15-24(31)29-30-25(32)18-10-12-19(27)13-11-18/h2-14H,15H2,1H3,(H,29,31)(H,30,32). The molecule has 8 heteroatoms. The fourth-order valence-corrected chi connectivity index (χ4v) is 3.53. The molecule has 0 spiro atoms. The summed E-state index contributed by atoms with van der Waals surface area (Å²) >= 11 is 3.29. The number of amides is 2. The van der Waals surface area contributed by atoms with Crippen LogP contribution in [0.3, 0.4) is 0 Å². The monoisotopic (exact) mass is 517 g/mol. The molecule has 7 nitrogen and oxygen atoms in total. The molecule has 0 radical (unpaired) electrons. The molecular weight excluding hydrogens is 498 g/mol. The van der Waals surface area contributed by atoms with Crippen LogP contribution < -0.4 is 10.9 Å². The van der Waals surface area contributed by atoms with Gasteiger partial charge in [-0.05, 0) is 43.3 Å². The predicted octanol–water partition coefficient (Wildman–Crippen LogP) is 4.59. The molecule has 0 saturated heterocycles. The second-order valence-corrected chi connectivity index (χ2v) is 8.44. The van der Waals surface area contributed by atoms with Crippen molar-refractivity contribution < 1.29 is 19.1 Å². The van der Waals surface area contributed by atoms with E-state index in [0.717, 1.165) is 15.6 Å². The van der Waals surface area contributed by atoms with Gasteiger partial charge in [-0.1, -0.05) is 64.0 Å². The van der Waals surface area contributed by atoms with Crippen LogP contribution in [0.2, 0.25) is 0 Å². The van der Waals surface area contributed by atoms with Crippen LogP contribution in [0.1, 0.15) is 26.3 Å². The van der Waals surface area contributed by atoms with Crippen LogP contribution in [0.4, 0.5) is 0 Å². The lowest BCUT2D eigenvalue weighted by atomic mass is 10.0. The van der Waals surface area contributed by atoms with Crippen LogP contribution in [0.15, 0.2) is 83.3 Å². The number of carbonyl (C=O) groups excluding carboxylic acids is 3. The summed E-state index contributed by atoms with van der Waals surface area (Å²) in [4.78, 5) is 41.8. The van der Waals surface area contributed by atoms with E-state index in [9.17, 15) is 14.4 Å². The molecule has 0 saturated carbocycles. The second kappa shape index (κ2) is 10.3. The molecule has 4 rings (SSSR count). The van der Waals surface area contributed by atoms with E-state index in [1.165, 1.54) is 0 Å². The molecule has 3 aromatic carbocycles. The van der Waals surface area contributed by atoms with Crippen molar-refractivity contribution in [1.29, 1.82) is 0 Å². The molecule has 4 aromatic rings. The number of benzene rings is 3. The van der Waals surface area contributed by atoms with Gasteiger partial charge in [-0.2, -0.15) is 0 Å². The number of pyridine rings is 1. The molecule has 1 aromatic heterocycles. The van der Waals surface area contributed by atoms with Crippen molar-refractivity contribution in [2.75, 3.05) is 6.61 Å². The number of nitrogens with zero attached hydrogens (tertiary/aromatic N) is 1. The summed E-state index contributed by atoms with van der Waals surface area (Å²) < 4.78 is 6.05. The van der Waals surface area contributed by atoms with Gasteiger partial charge in [0.2, 0.25) is 0 Å². The number of para-hydroxylation sites is 1. The smallest absolute Gasteiger partial charge is 0.339 e. The number of hydrazine groups is 1. The van der Waals surface area contributed by atoms with Gasteiger partial charge in [-0.15, -0.1) is 0 Å². The first-order valence-corrected chi connectivity index (χ1v) is 11.2. The molecule has 0 aliphatic carbocycles. The Morgan fingerprint density at radius 3 is 2.35 bits per heavy atom. The van der Waals surface area contributed by atoms with Gasteiger partial charge < -0.3 is 4.74 Å². The molecular formula is C26H20BrN3O4. The summed E-state index contributed by atoms with van der Waals surface area (Å²) in [5.41, 5.74) is 8.43. The minimum Gasteiger partial charge on any atom is -0.452 e. The van der Waals surface area contributed by atoms with Crippen molar-refractivity contribution in [2.45, 2.75) is 6.92 Å². The Kier molecular flexibility index (Phi) is 6.98. The number of ether oxygens (including phenoxy) is 1. The average Bonchev–Trinajstić information content (AvgIpc) is 2.86. The number of halogens is 1. The highest BCUT2D eigenvalue weighted by molar-refractivity contribution is 9.10. The first kappa shape index (κ1) is 23.1. The molecule has 0 fully saturated rings. The molecule has 0 bridgehead atoms. The number of carbonyl (C=O) groups is 3. The summed E-state index contributed by atoms with van der Waals surface area (Å²) in [5.74, 6) is -1.83. The number of rotatable bonds is 5. The molecule has 1 heterocycles. The molecule has 2 N–H and O–H groups in total. The minimum absolute atomic E-state index is 0.299. The van der Waals surface area contributed by atoms with Crippen LogP contribution in [0.5, 0.6) is 0 Å². The van der Waals surface area contributed by atoms with Crippen LogP contribution in [-0.2, 0) is 9.53 Å². The van der Waals surface area contributed by atoms with Gasteiger partial charge in [-0.3, -0.25) is 20.4 Å². The highest BCUT2D eigenvalue weighted by Gasteiger charge is 2.17. The Hall–Kier alpha value is -4.04. The van der Waals surface area contributed by atoms with Crippen LogP contribution >= 0.6 is 15.9 Å². The van der Waals surface area contributed by atoms with Gasteiger partial charge in [0.1, 0.15) is 0 Å². The Morgan fingerprint density at radius 1 is 0.912 bits per heavy atom. The molecule has 0 atom stereocenters. The average molecular weight is 518 g/mol. The first-order chi connectivity index (χ1) is 16.4. The summed E-state index contributed by atoms with van der Waals surface area (Å²) in [6.07, 6.45) is 0. The molecule has 0 aliphatic heterocycles. The Morgan fingerprint density at radius 2 is 1.62 bits per heavy atom. The van der Waals surface area contributed by atoms with Gasteiger partial charge >= 0.3 is 5.97 Å². The summed E-state index contributed by atoms with van der Waals surface area (Å²) in [6.45, 7) is 1.43. The number of aryl methyl sites for hydroxylation is 1. The molecule has 0 unspecified atom stereocenters. The van der Waals surface area contributed by atoms with Crippen molar-refractivity contribution in [2.24, 2.45) is 0 Å². The largest absolute Gasteiger partial charge is 0.452 e. The summed E-state index contributed by atoms with van der Waals surface area (Å²) in [5, 5.41) is 0.618. The topological polar surface area (TPSA) is 97.4 Å². The second-order valence-electron chi connectivity index (χ2n) is 7.52. The number of nitrogens with one attached hydrogen (secondary N) is 2. The number of aromatic nitrogens is 1. The highest BCUT2D eigenvalue weighted by atomic mass is 79.9. The van der Waals surface area contributed by atoms with E-state index in [1.54, 1.807) is 42.5 Å². The van der Waals surface area contributed by atoms with E-state index in [2.05, 4.69) is 31.8 Å². The van der Waals surface area contributed by atoms with E-state index in [0.29, 0.717) is 27.7 Å². The van der Waals surface area contributed by atoms with Crippen LogP contribution in [0, 0.1) is 6.92 Å². The number of fused-ring (bicyclic) bond motifs is 1. The Bertz CT molecular complexity index is 1370. The number of hydrogen-bond donors (Lipinski definition) is 2. The highest BCUT2D eigenvalue weighted by Crippen LogP contribution is 2.25. The Labute approximate surface area is 204 Å². The van der Waals surface area contributed by atoms with Gasteiger partial charge in [-0.25, -0.2) is 9.78 Å². The van der Waals surface area contributed by atoms with E-state index in [4.69, 9.17) is 4.74 Å². The quantitative estimate of drug-likeness (QED) is 0.298. The zero-order valence-electron chi connectivity index (χ0n) is 18.2. The third-order valence-electron chi connectivity index (χ3n) is 5.04. The molecule has 34 heavy (non-hydrogen) atoms. The fraction of sp³-hybridized carbons (Fsp3) is 0.0769. The maximum Gasteiger partial charge on any atom is 0.339 e. The van der Waals surface area contributed by atoms with Gasteiger partial charge in [0, 0.05) is 21.0 Å². The normalized spacial score (nSPS) is 10.5. The third-order valence-corrected chi connectivity index (χ3v) is 5.57. The van der Waals surface area contributed by atoms with Crippen molar-refractivity contribution in [3.05, 3.63) is 100 Å². The van der Waals surface area contributed by atoms with Crippen molar-refractivity contribution >= 4 is 44.6 Å². The fourth-order valence-electron chi connectivity index (χ4n) is 3.26. The lowest BCUT2D eigenvalue weighted by molar-refractivity contribution is -0.125. The lowest BCUT2D eigenvalue weighted by Gasteiger charge is -2.11. The van der Waals surface area contributed by atoms with Crippen LogP contribution in [0.25, 0.3) is 22.2 Å². The van der Waals surface area contributed by atoms with E-state index in [1.807, 2.05) is 43.3 Å².